The first-order chi connectivity index (χ1) is 27.8. The zero-order chi connectivity index (χ0) is 37.1. The van der Waals surface area contributed by atoms with E-state index in [2.05, 4.69) is 229 Å². The fourth-order valence-electron chi connectivity index (χ4n) is 9.39. The molecule has 262 valence electrons. The van der Waals surface area contributed by atoms with Crippen molar-refractivity contribution in [3.05, 3.63) is 247 Å². The third-order valence-electron chi connectivity index (χ3n) is 11.9. The predicted octanol–water partition coefficient (Wildman–Crippen LogP) is 14.5. The second kappa shape index (κ2) is 13.0. The minimum absolute atomic E-state index is 0.474. The largest absolute Gasteiger partial charge is 0.310 e. The van der Waals surface area contributed by atoms with Gasteiger partial charge in [-0.3, -0.25) is 0 Å². The maximum absolute atomic E-state index is 2.48. The van der Waals surface area contributed by atoms with Gasteiger partial charge in [0.25, 0.3) is 0 Å². The molecule has 2 aliphatic rings. The summed E-state index contributed by atoms with van der Waals surface area (Å²) in [7, 11) is 0. The molecule has 0 atom stereocenters. The van der Waals surface area contributed by atoms with Gasteiger partial charge in [-0.05, 0) is 120 Å². The van der Waals surface area contributed by atoms with Crippen molar-refractivity contribution in [2.24, 2.45) is 0 Å². The molecular weight excluding hydrogens is 675 g/mol. The van der Waals surface area contributed by atoms with Gasteiger partial charge in [-0.1, -0.05) is 182 Å². The molecule has 1 nitrogen and oxygen atoms in total. The normalized spacial score (nSPS) is 12.8. The van der Waals surface area contributed by atoms with E-state index in [1.165, 1.54) is 77.9 Å². The molecule has 0 aliphatic heterocycles. The lowest BCUT2D eigenvalue weighted by molar-refractivity contribution is 0.794. The van der Waals surface area contributed by atoms with Crippen molar-refractivity contribution >= 4 is 17.1 Å². The zero-order valence-corrected chi connectivity index (χ0v) is 30.8. The molecule has 0 N–H and O–H groups in total. The molecule has 0 radical (unpaired) electrons. The molecule has 0 aromatic heterocycles. The second-order valence-electron chi connectivity index (χ2n) is 14.9. The smallest absolute Gasteiger partial charge is 0.0726 e. The second-order valence-corrected chi connectivity index (χ2v) is 14.9. The van der Waals surface area contributed by atoms with E-state index in [0.29, 0.717) is 0 Å². The summed E-state index contributed by atoms with van der Waals surface area (Å²) < 4.78 is 0. The Morgan fingerprint density at radius 3 is 1.07 bits per heavy atom. The van der Waals surface area contributed by atoms with Gasteiger partial charge in [0.15, 0.2) is 0 Å². The average molecular weight is 712 g/mol. The number of nitrogens with zero attached hydrogens (tertiary/aromatic N) is 1. The maximum Gasteiger partial charge on any atom is 0.0726 e. The van der Waals surface area contributed by atoms with Crippen LogP contribution in [0.1, 0.15) is 22.3 Å². The lowest BCUT2D eigenvalue weighted by atomic mass is 9.70. The van der Waals surface area contributed by atoms with Gasteiger partial charge in [-0.2, -0.15) is 0 Å². The summed E-state index contributed by atoms with van der Waals surface area (Å²) in [6.45, 7) is 0. The highest BCUT2D eigenvalue weighted by Gasteiger charge is 2.51. The molecule has 0 bridgehead atoms. The standard InChI is InChI=1S/C55H37N/c1-4-14-38(15-5-1)41-24-29-44(30-25-41)56(45-31-26-42(27-32-45)39-16-6-2-7-17-39)46-33-35-50-49-34-28-43(40-18-8-3-9-19-40)36-53(49)55(54(50)37-46)51-22-12-10-20-47(51)48-21-11-13-23-52(48)55/h1-37H. The topological polar surface area (TPSA) is 3.24 Å². The fraction of sp³-hybridized carbons (Fsp3) is 0.0182. The van der Waals surface area contributed by atoms with Gasteiger partial charge in [0, 0.05) is 17.1 Å². The molecule has 0 saturated heterocycles. The molecule has 9 aromatic rings. The van der Waals surface area contributed by atoms with Gasteiger partial charge in [0.2, 0.25) is 0 Å². The van der Waals surface area contributed by atoms with Gasteiger partial charge in [0.1, 0.15) is 0 Å². The van der Waals surface area contributed by atoms with Crippen molar-refractivity contribution in [1.29, 1.82) is 0 Å². The highest BCUT2D eigenvalue weighted by molar-refractivity contribution is 5.97. The summed E-state index contributed by atoms with van der Waals surface area (Å²) in [6, 6.07) is 82.5. The van der Waals surface area contributed by atoms with Gasteiger partial charge in [-0.15, -0.1) is 0 Å². The summed E-state index contributed by atoms with van der Waals surface area (Å²) in [4.78, 5) is 2.42. The molecule has 1 spiro atoms. The Kier molecular flexibility index (Phi) is 7.47. The van der Waals surface area contributed by atoms with Gasteiger partial charge in [-0.25, -0.2) is 0 Å². The molecule has 1 heteroatoms. The average Bonchev–Trinajstić information content (AvgIpc) is 3.75. The van der Waals surface area contributed by atoms with Crippen LogP contribution >= 0.6 is 0 Å². The van der Waals surface area contributed by atoms with Crippen LogP contribution in [-0.4, -0.2) is 0 Å². The Hall–Kier alpha value is -7.22. The van der Waals surface area contributed by atoms with Crippen LogP contribution in [0.15, 0.2) is 224 Å². The Balaban J connectivity index is 1.13. The van der Waals surface area contributed by atoms with Crippen molar-refractivity contribution in [1.82, 2.24) is 0 Å². The van der Waals surface area contributed by atoms with Gasteiger partial charge in [0.05, 0.1) is 5.41 Å². The molecule has 56 heavy (non-hydrogen) atoms. The lowest BCUT2D eigenvalue weighted by Gasteiger charge is -2.32. The molecule has 9 aromatic carbocycles. The van der Waals surface area contributed by atoms with Crippen LogP contribution in [0.25, 0.3) is 55.6 Å². The van der Waals surface area contributed by atoms with Crippen LogP contribution in [-0.2, 0) is 5.41 Å². The summed E-state index contributed by atoms with van der Waals surface area (Å²) in [6.07, 6.45) is 0. The monoisotopic (exact) mass is 711 g/mol. The number of rotatable bonds is 6. The van der Waals surface area contributed by atoms with Crippen LogP contribution in [0, 0.1) is 0 Å². The molecule has 2 aliphatic carbocycles. The van der Waals surface area contributed by atoms with E-state index in [9.17, 15) is 0 Å². The fourth-order valence-corrected chi connectivity index (χ4v) is 9.39. The number of benzene rings is 9. The first-order valence-corrected chi connectivity index (χ1v) is 19.4. The van der Waals surface area contributed by atoms with Crippen LogP contribution in [0.4, 0.5) is 17.1 Å². The van der Waals surface area contributed by atoms with Crippen LogP contribution in [0.2, 0.25) is 0 Å². The third kappa shape index (κ3) is 4.95. The highest BCUT2D eigenvalue weighted by Crippen LogP contribution is 2.63. The van der Waals surface area contributed by atoms with Crippen molar-refractivity contribution in [3.63, 3.8) is 0 Å². The first-order valence-electron chi connectivity index (χ1n) is 19.4. The van der Waals surface area contributed by atoms with E-state index in [0.717, 1.165) is 17.1 Å². The summed E-state index contributed by atoms with van der Waals surface area (Å²) in [5.74, 6) is 0. The Morgan fingerprint density at radius 2 is 0.571 bits per heavy atom. The molecule has 11 rings (SSSR count). The minimum atomic E-state index is -0.474. The van der Waals surface area contributed by atoms with Crippen LogP contribution in [0.3, 0.4) is 0 Å². The van der Waals surface area contributed by atoms with Crippen LogP contribution in [0.5, 0.6) is 0 Å². The molecular formula is C55H37N. The Labute approximate surface area is 328 Å². The quantitative estimate of drug-likeness (QED) is 0.166. The number of hydrogen-bond acceptors (Lipinski definition) is 1. The van der Waals surface area contributed by atoms with Gasteiger partial charge >= 0.3 is 0 Å². The predicted molar refractivity (Wildman–Crippen MR) is 234 cm³/mol. The molecule has 0 amide bonds. The molecule has 0 unspecified atom stereocenters. The minimum Gasteiger partial charge on any atom is -0.310 e. The maximum atomic E-state index is 2.48. The van der Waals surface area contributed by atoms with E-state index in [4.69, 9.17) is 0 Å². The number of fused-ring (bicyclic) bond motifs is 10. The summed E-state index contributed by atoms with van der Waals surface area (Å²) in [5, 5.41) is 0. The van der Waals surface area contributed by atoms with E-state index in [1.807, 2.05) is 0 Å². The first kappa shape index (κ1) is 32.2. The Bertz CT molecular complexity index is 2750. The van der Waals surface area contributed by atoms with E-state index < -0.39 is 5.41 Å². The summed E-state index contributed by atoms with van der Waals surface area (Å²) in [5.41, 5.74) is 20.7. The van der Waals surface area contributed by atoms with Crippen LogP contribution < -0.4 is 4.90 Å². The van der Waals surface area contributed by atoms with Crippen molar-refractivity contribution in [3.8, 4) is 55.6 Å². The summed E-state index contributed by atoms with van der Waals surface area (Å²) >= 11 is 0. The van der Waals surface area contributed by atoms with Crippen molar-refractivity contribution < 1.29 is 0 Å². The number of hydrogen-bond donors (Lipinski definition) is 0. The lowest BCUT2D eigenvalue weighted by Crippen LogP contribution is -2.26. The van der Waals surface area contributed by atoms with E-state index in [1.54, 1.807) is 0 Å². The molecule has 0 heterocycles. The van der Waals surface area contributed by atoms with E-state index in [-0.39, 0.29) is 0 Å². The Morgan fingerprint density at radius 1 is 0.232 bits per heavy atom. The molecule has 0 fully saturated rings. The van der Waals surface area contributed by atoms with E-state index >= 15 is 0 Å². The SMILES string of the molecule is c1ccc(-c2ccc(N(c3ccc(-c4ccccc4)cc3)c3ccc4c(c3)C3(c5ccccc5-c5ccccc53)c3cc(-c5ccccc5)ccc3-4)cc2)cc1. The van der Waals surface area contributed by atoms with Gasteiger partial charge < -0.3 is 4.90 Å². The number of anilines is 3. The van der Waals surface area contributed by atoms with Crippen molar-refractivity contribution in [2.75, 3.05) is 4.90 Å². The zero-order valence-electron chi connectivity index (χ0n) is 30.8. The molecule has 0 saturated carbocycles. The third-order valence-corrected chi connectivity index (χ3v) is 11.9. The van der Waals surface area contributed by atoms with Crippen molar-refractivity contribution in [2.45, 2.75) is 5.41 Å². The highest BCUT2D eigenvalue weighted by atomic mass is 15.1.